The van der Waals surface area contributed by atoms with Crippen LogP contribution in [0.25, 0.3) is 16.9 Å². The molecule has 5 heteroatoms. The van der Waals surface area contributed by atoms with Crippen LogP contribution in [0.3, 0.4) is 0 Å². The Labute approximate surface area is 103 Å². The van der Waals surface area contributed by atoms with Crippen molar-refractivity contribution in [1.29, 1.82) is 0 Å². The van der Waals surface area contributed by atoms with Crippen molar-refractivity contribution in [3.05, 3.63) is 48.4 Å². The van der Waals surface area contributed by atoms with Crippen LogP contribution in [-0.2, 0) is 5.88 Å². The Hall–Kier alpha value is -1.94. The van der Waals surface area contributed by atoms with Crippen LogP contribution in [0.4, 0.5) is 0 Å². The van der Waals surface area contributed by atoms with E-state index in [1.807, 2.05) is 24.3 Å². The van der Waals surface area contributed by atoms with Gasteiger partial charge in [0.25, 0.3) is 5.95 Å². The summed E-state index contributed by atoms with van der Waals surface area (Å²) in [6.07, 6.45) is 5.23. The molecule has 0 aliphatic heterocycles. The highest BCUT2D eigenvalue weighted by atomic mass is 35.5. The summed E-state index contributed by atoms with van der Waals surface area (Å²) in [4.78, 5) is 8.49. The van der Waals surface area contributed by atoms with E-state index in [1.54, 1.807) is 23.3 Å². The molecule has 3 rings (SSSR count). The topological polar surface area (TPSA) is 43.6 Å². The van der Waals surface area contributed by atoms with Crippen molar-refractivity contribution in [2.75, 3.05) is 0 Å². The summed E-state index contributed by atoms with van der Waals surface area (Å²) in [5.41, 5.74) is 1.89. The monoisotopic (exact) mass is 244 g/mol. The molecule has 2 heterocycles. The zero-order chi connectivity index (χ0) is 11.7. The lowest BCUT2D eigenvalue weighted by molar-refractivity contribution is 0.828. The first-order chi connectivity index (χ1) is 8.38. The van der Waals surface area contributed by atoms with Crippen LogP contribution in [0.5, 0.6) is 0 Å². The maximum absolute atomic E-state index is 5.70. The zero-order valence-corrected chi connectivity index (χ0v) is 9.67. The largest absolute Gasteiger partial charge is 0.251 e. The molecule has 3 aromatic rings. The molecule has 0 atom stereocenters. The lowest BCUT2D eigenvalue weighted by Gasteiger charge is -2.01. The molecule has 0 saturated heterocycles. The molecule has 84 valence electrons. The van der Waals surface area contributed by atoms with Crippen molar-refractivity contribution in [3.63, 3.8) is 0 Å². The third-order valence-corrected chi connectivity index (χ3v) is 2.82. The number of fused-ring (bicyclic) bond motifs is 1. The molecule has 0 radical (unpaired) electrons. The average molecular weight is 245 g/mol. The van der Waals surface area contributed by atoms with Gasteiger partial charge in [0.2, 0.25) is 0 Å². The smallest absolute Gasteiger partial charge is 0.219 e. The second-order valence-electron chi connectivity index (χ2n) is 3.64. The molecule has 4 nitrogen and oxygen atoms in total. The summed E-state index contributed by atoms with van der Waals surface area (Å²) in [6, 6.07) is 7.94. The van der Waals surface area contributed by atoms with Gasteiger partial charge in [-0.1, -0.05) is 18.2 Å². The zero-order valence-electron chi connectivity index (χ0n) is 8.92. The van der Waals surface area contributed by atoms with Crippen LogP contribution in [0.2, 0.25) is 0 Å². The Morgan fingerprint density at radius 1 is 1.06 bits per heavy atom. The van der Waals surface area contributed by atoms with E-state index in [-0.39, 0.29) is 0 Å². The molecule has 0 saturated carbocycles. The summed E-state index contributed by atoms with van der Waals surface area (Å²) in [6.45, 7) is 0. The number of alkyl halides is 1. The Morgan fingerprint density at radius 3 is 2.59 bits per heavy atom. The van der Waals surface area contributed by atoms with Crippen molar-refractivity contribution in [2.24, 2.45) is 0 Å². The molecule has 0 unspecified atom stereocenters. The molecule has 0 aliphatic rings. The van der Waals surface area contributed by atoms with Crippen molar-refractivity contribution >= 4 is 22.5 Å². The standard InChI is InChI=1S/C12H9ClN4/c13-5-9-6-14-12(15-7-9)17-11-4-2-1-3-10(11)8-16-17/h1-4,6-8H,5H2. The van der Waals surface area contributed by atoms with Crippen molar-refractivity contribution in [1.82, 2.24) is 19.7 Å². The average Bonchev–Trinajstić information content (AvgIpc) is 2.83. The van der Waals surface area contributed by atoms with Gasteiger partial charge in [-0.25, -0.2) is 9.97 Å². The van der Waals surface area contributed by atoms with E-state index in [4.69, 9.17) is 11.6 Å². The van der Waals surface area contributed by atoms with Gasteiger partial charge in [0.1, 0.15) is 0 Å². The van der Waals surface area contributed by atoms with Gasteiger partial charge in [-0.2, -0.15) is 9.78 Å². The molecular weight excluding hydrogens is 236 g/mol. The number of aromatic nitrogens is 4. The quantitative estimate of drug-likeness (QED) is 0.651. The number of rotatable bonds is 2. The van der Waals surface area contributed by atoms with Gasteiger partial charge in [0.15, 0.2) is 0 Å². The predicted molar refractivity (Wildman–Crippen MR) is 66.2 cm³/mol. The SMILES string of the molecule is ClCc1cnc(-n2ncc3ccccc32)nc1. The third-order valence-electron chi connectivity index (χ3n) is 2.51. The van der Waals surface area contributed by atoms with Crippen molar-refractivity contribution < 1.29 is 0 Å². The Bertz CT molecular complexity index is 645. The van der Waals surface area contributed by atoms with Crippen molar-refractivity contribution in [2.45, 2.75) is 5.88 Å². The summed E-state index contributed by atoms with van der Waals surface area (Å²) in [5.74, 6) is 0.972. The molecule has 0 aliphatic carbocycles. The van der Waals surface area contributed by atoms with E-state index in [9.17, 15) is 0 Å². The van der Waals surface area contributed by atoms with Gasteiger partial charge in [-0.15, -0.1) is 11.6 Å². The summed E-state index contributed by atoms with van der Waals surface area (Å²) in [7, 11) is 0. The Morgan fingerprint density at radius 2 is 1.82 bits per heavy atom. The molecule has 0 N–H and O–H groups in total. The van der Waals surface area contributed by atoms with Gasteiger partial charge in [-0.05, 0) is 6.07 Å². The van der Waals surface area contributed by atoms with E-state index in [1.165, 1.54) is 0 Å². The summed E-state index contributed by atoms with van der Waals surface area (Å²) >= 11 is 5.70. The van der Waals surface area contributed by atoms with Gasteiger partial charge in [0, 0.05) is 23.3 Å². The Kier molecular flexibility index (Phi) is 2.49. The van der Waals surface area contributed by atoms with E-state index < -0.39 is 0 Å². The van der Waals surface area contributed by atoms with Crippen LogP contribution in [0.15, 0.2) is 42.9 Å². The molecule has 0 bridgehead atoms. The minimum absolute atomic E-state index is 0.417. The van der Waals surface area contributed by atoms with E-state index >= 15 is 0 Å². The number of para-hydroxylation sites is 1. The minimum atomic E-state index is 0.417. The fourth-order valence-corrected chi connectivity index (χ4v) is 1.80. The first-order valence-corrected chi connectivity index (χ1v) is 5.72. The predicted octanol–water partition coefficient (Wildman–Crippen LogP) is 2.55. The highest BCUT2D eigenvalue weighted by molar-refractivity contribution is 6.17. The second kappa shape index (κ2) is 4.14. The molecule has 0 fully saturated rings. The lowest BCUT2D eigenvalue weighted by Crippen LogP contribution is -2.02. The first-order valence-electron chi connectivity index (χ1n) is 5.18. The van der Waals surface area contributed by atoms with Crippen molar-refractivity contribution in [3.8, 4) is 5.95 Å². The second-order valence-corrected chi connectivity index (χ2v) is 3.91. The Balaban J connectivity index is 2.13. The number of hydrogen-bond acceptors (Lipinski definition) is 3. The van der Waals surface area contributed by atoms with Gasteiger partial charge < -0.3 is 0 Å². The van der Waals surface area contributed by atoms with Gasteiger partial charge >= 0.3 is 0 Å². The first kappa shape index (κ1) is 10.2. The fraction of sp³-hybridized carbons (Fsp3) is 0.0833. The molecule has 0 spiro atoms. The van der Waals surface area contributed by atoms with Crippen LogP contribution in [0, 0.1) is 0 Å². The highest BCUT2D eigenvalue weighted by Crippen LogP contribution is 2.15. The van der Waals surface area contributed by atoms with Gasteiger partial charge in [0.05, 0.1) is 17.6 Å². The van der Waals surface area contributed by atoms with Crippen LogP contribution in [-0.4, -0.2) is 19.7 Å². The van der Waals surface area contributed by atoms with Crippen LogP contribution < -0.4 is 0 Å². The summed E-state index contributed by atoms with van der Waals surface area (Å²) in [5, 5.41) is 5.35. The molecule has 0 amide bonds. The molecule has 17 heavy (non-hydrogen) atoms. The molecular formula is C12H9ClN4. The fourth-order valence-electron chi connectivity index (χ4n) is 1.66. The van der Waals surface area contributed by atoms with E-state index in [0.29, 0.717) is 11.8 Å². The number of benzene rings is 1. The van der Waals surface area contributed by atoms with Gasteiger partial charge in [-0.3, -0.25) is 0 Å². The summed E-state index contributed by atoms with van der Waals surface area (Å²) < 4.78 is 1.72. The van der Waals surface area contributed by atoms with Crippen LogP contribution in [0.1, 0.15) is 5.56 Å². The molecule has 1 aromatic carbocycles. The minimum Gasteiger partial charge on any atom is -0.219 e. The third kappa shape index (κ3) is 1.76. The number of hydrogen-bond donors (Lipinski definition) is 0. The van der Waals surface area contributed by atoms with E-state index in [2.05, 4.69) is 15.1 Å². The van der Waals surface area contributed by atoms with E-state index in [0.717, 1.165) is 16.5 Å². The van der Waals surface area contributed by atoms with Crippen LogP contribution >= 0.6 is 11.6 Å². The lowest BCUT2D eigenvalue weighted by atomic mass is 10.3. The normalized spacial score (nSPS) is 10.9. The highest BCUT2D eigenvalue weighted by Gasteiger charge is 2.06. The molecule has 2 aromatic heterocycles. The number of nitrogens with zero attached hydrogens (tertiary/aromatic N) is 4. The maximum Gasteiger partial charge on any atom is 0.251 e. The number of halogens is 1. The maximum atomic E-state index is 5.70.